The first-order chi connectivity index (χ1) is 16.9. The number of benzene rings is 2. The number of hydrogen-bond acceptors (Lipinski definition) is 6. The molecule has 5 rings (SSSR count). The van der Waals surface area contributed by atoms with Crippen molar-refractivity contribution in [2.75, 3.05) is 24.3 Å². The van der Waals surface area contributed by atoms with Crippen molar-refractivity contribution in [3.8, 4) is 11.3 Å². The summed E-state index contributed by atoms with van der Waals surface area (Å²) < 4.78 is 1.98. The lowest BCUT2D eigenvalue weighted by Gasteiger charge is -2.35. The number of hydrogen-bond donors (Lipinski definition) is 2. The zero-order valence-electron chi connectivity index (χ0n) is 20.1. The van der Waals surface area contributed by atoms with Crippen LogP contribution in [0, 0.1) is 0 Å². The first-order valence-electron chi connectivity index (χ1n) is 11.7. The number of aromatic nitrogens is 3. The maximum Gasteiger partial charge on any atom is 0.237 e. The molecule has 2 N–H and O–H groups in total. The Morgan fingerprint density at radius 2 is 1.83 bits per heavy atom. The summed E-state index contributed by atoms with van der Waals surface area (Å²) >= 11 is 0. The number of imide groups is 1. The van der Waals surface area contributed by atoms with E-state index in [1.54, 1.807) is 12.4 Å². The van der Waals surface area contributed by atoms with Gasteiger partial charge in [0.1, 0.15) is 11.5 Å². The van der Waals surface area contributed by atoms with E-state index >= 15 is 0 Å². The van der Waals surface area contributed by atoms with Gasteiger partial charge in [0, 0.05) is 49.8 Å². The van der Waals surface area contributed by atoms with Gasteiger partial charge in [-0.15, -0.1) is 0 Å². The third-order valence-electron chi connectivity index (χ3n) is 6.86. The lowest BCUT2D eigenvalue weighted by atomic mass is 9.72. The van der Waals surface area contributed by atoms with E-state index in [-0.39, 0.29) is 11.8 Å². The van der Waals surface area contributed by atoms with Crippen molar-refractivity contribution in [2.24, 2.45) is 0 Å². The van der Waals surface area contributed by atoms with Gasteiger partial charge in [0.25, 0.3) is 0 Å². The van der Waals surface area contributed by atoms with Crippen LogP contribution in [0.25, 0.3) is 16.9 Å². The van der Waals surface area contributed by atoms with Crippen molar-refractivity contribution in [3.05, 3.63) is 72.7 Å². The molecule has 0 spiro atoms. The van der Waals surface area contributed by atoms with Gasteiger partial charge in [0.15, 0.2) is 5.65 Å². The summed E-state index contributed by atoms with van der Waals surface area (Å²) in [6.07, 6.45) is 6.86. The number of rotatable bonds is 6. The van der Waals surface area contributed by atoms with Crippen molar-refractivity contribution in [1.82, 2.24) is 19.7 Å². The van der Waals surface area contributed by atoms with Crippen LogP contribution in [0.2, 0.25) is 0 Å². The highest BCUT2D eigenvalue weighted by Gasteiger charge is 2.42. The zero-order valence-corrected chi connectivity index (χ0v) is 20.1. The lowest BCUT2D eigenvalue weighted by molar-refractivity contribution is -0.138. The van der Waals surface area contributed by atoms with Crippen molar-refractivity contribution < 1.29 is 9.59 Å². The standard InChI is InChI=1S/C27H28N6O2/c1-4-27(14-13-23(34)31-26(27)35)19-7-9-20(10-8-19)29-25-24(30-22-17-28-15-16-33(22)25)18-5-11-21(12-6-18)32(2)3/h5-12,15-17,29H,4,13-14H2,1-3H3,(H,31,34,35)/t27-/m1/s1. The number of nitrogens with one attached hydrogen (secondary N) is 2. The monoisotopic (exact) mass is 468 g/mol. The van der Waals surface area contributed by atoms with Crippen molar-refractivity contribution in [1.29, 1.82) is 0 Å². The van der Waals surface area contributed by atoms with Gasteiger partial charge in [0.05, 0.1) is 11.6 Å². The molecule has 0 bridgehead atoms. The van der Waals surface area contributed by atoms with E-state index in [4.69, 9.17) is 4.98 Å². The first kappa shape index (κ1) is 22.6. The fraction of sp³-hybridized carbons (Fsp3) is 0.259. The Bertz CT molecular complexity index is 1390. The molecule has 2 aromatic carbocycles. The van der Waals surface area contributed by atoms with E-state index in [1.807, 2.05) is 55.9 Å². The van der Waals surface area contributed by atoms with Crippen LogP contribution < -0.4 is 15.5 Å². The molecule has 3 heterocycles. The summed E-state index contributed by atoms with van der Waals surface area (Å²) in [6, 6.07) is 16.1. The summed E-state index contributed by atoms with van der Waals surface area (Å²) in [4.78, 5) is 35.5. The van der Waals surface area contributed by atoms with E-state index in [2.05, 4.69) is 44.8 Å². The number of anilines is 3. The molecule has 1 fully saturated rings. The van der Waals surface area contributed by atoms with Crippen LogP contribution in [-0.2, 0) is 15.0 Å². The van der Waals surface area contributed by atoms with E-state index in [9.17, 15) is 9.59 Å². The van der Waals surface area contributed by atoms with Gasteiger partial charge >= 0.3 is 0 Å². The largest absolute Gasteiger partial charge is 0.378 e. The number of carbonyl (C=O) groups is 2. The Kier molecular flexibility index (Phi) is 5.72. The summed E-state index contributed by atoms with van der Waals surface area (Å²) in [5.41, 5.74) is 4.78. The van der Waals surface area contributed by atoms with Crippen LogP contribution in [0.4, 0.5) is 17.2 Å². The summed E-state index contributed by atoms with van der Waals surface area (Å²) in [6.45, 7) is 1.99. The SMILES string of the molecule is CC[C@]1(c2ccc(Nc3c(-c4ccc(N(C)C)cc4)nc4cnccn34)cc2)CCC(=O)NC1=O. The lowest BCUT2D eigenvalue weighted by Crippen LogP contribution is -2.51. The van der Waals surface area contributed by atoms with E-state index < -0.39 is 5.41 Å². The van der Waals surface area contributed by atoms with Crippen molar-refractivity contribution in [3.63, 3.8) is 0 Å². The highest BCUT2D eigenvalue weighted by molar-refractivity contribution is 6.03. The number of amides is 2. The Balaban J connectivity index is 1.49. The second-order valence-corrected chi connectivity index (χ2v) is 9.07. The summed E-state index contributed by atoms with van der Waals surface area (Å²) in [7, 11) is 4.03. The number of piperidine rings is 1. The van der Waals surface area contributed by atoms with Gasteiger partial charge in [-0.25, -0.2) is 4.98 Å². The molecular weight excluding hydrogens is 440 g/mol. The molecule has 1 atom stereocenters. The van der Waals surface area contributed by atoms with Gasteiger partial charge in [-0.2, -0.15) is 0 Å². The molecule has 8 heteroatoms. The molecule has 35 heavy (non-hydrogen) atoms. The molecule has 1 aliphatic rings. The zero-order chi connectivity index (χ0) is 24.6. The maximum absolute atomic E-state index is 12.7. The fourth-order valence-electron chi connectivity index (χ4n) is 4.72. The highest BCUT2D eigenvalue weighted by Crippen LogP contribution is 2.37. The quantitative estimate of drug-likeness (QED) is 0.410. The smallest absolute Gasteiger partial charge is 0.237 e. The van der Waals surface area contributed by atoms with Crippen LogP contribution in [0.3, 0.4) is 0 Å². The minimum atomic E-state index is -0.680. The minimum absolute atomic E-state index is 0.203. The second kappa shape index (κ2) is 8.87. The normalized spacial score (nSPS) is 17.9. The topological polar surface area (TPSA) is 91.6 Å². The van der Waals surface area contributed by atoms with E-state index in [0.29, 0.717) is 19.3 Å². The van der Waals surface area contributed by atoms with Crippen LogP contribution >= 0.6 is 0 Å². The number of imidazole rings is 1. The third kappa shape index (κ3) is 4.01. The molecule has 0 saturated carbocycles. The van der Waals surface area contributed by atoms with Crippen LogP contribution in [0.1, 0.15) is 31.7 Å². The molecule has 2 amide bonds. The second-order valence-electron chi connectivity index (χ2n) is 9.07. The average molecular weight is 469 g/mol. The summed E-state index contributed by atoms with van der Waals surface area (Å²) in [5, 5.41) is 6.03. The highest BCUT2D eigenvalue weighted by atomic mass is 16.2. The van der Waals surface area contributed by atoms with Crippen LogP contribution in [0.5, 0.6) is 0 Å². The molecule has 178 valence electrons. The minimum Gasteiger partial charge on any atom is -0.378 e. The van der Waals surface area contributed by atoms with Gasteiger partial charge in [0.2, 0.25) is 11.8 Å². The molecule has 0 radical (unpaired) electrons. The van der Waals surface area contributed by atoms with Crippen molar-refractivity contribution >= 4 is 34.7 Å². The van der Waals surface area contributed by atoms with E-state index in [0.717, 1.165) is 39.7 Å². The fourth-order valence-corrected chi connectivity index (χ4v) is 4.72. The number of carbonyl (C=O) groups excluding carboxylic acids is 2. The van der Waals surface area contributed by atoms with Gasteiger partial charge in [-0.1, -0.05) is 31.2 Å². The molecule has 1 saturated heterocycles. The van der Waals surface area contributed by atoms with Gasteiger partial charge in [-0.05, 0) is 42.7 Å². The summed E-state index contributed by atoms with van der Waals surface area (Å²) in [5.74, 6) is 0.416. The Morgan fingerprint density at radius 3 is 2.49 bits per heavy atom. The molecule has 1 aliphatic heterocycles. The number of fused-ring (bicyclic) bond motifs is 1. The van der Waals surface area contributed by atoms with E-state index in [1.165, 1.54) is 0 Å². The Morgan fingerprint density at radius 1 is 1.09 bits per heavy atom. The molecule has 8 nitrogen and oxygen atoms in total. The molecule has 0 unspecified atom stereocenters. The van der Waals surface area contributed by atoms with Crippen molar-refractivity contribution in [2.45, 2.75) is 31.6 Å². The van der Waals surface area contributed by atoms with Crippen LogP contribution in [-0.4, -0.2) is 40.3 Å². The Labute approximate surface area is 204 Å². The van der Waals surface area contributed by atoms with Crippen LogP contribution in [0.15, 0.2) is 67.1 Å². The van der Waals surface area contributed by atoms with Gasteiger partial charge in [-0.3, -0.25) is 24.3 Å². The predicted molar refractivity (Wildman–Crippen MR) is 137 cm³/mol. The third-order valence-corrected chi connectivity index (χ3v) is 6.86. The average Bonchev–Trinajstić information content (AvgIpc) is 3.23. The number of nitrogens with zero attached hydrogens (tertiary/aromatic N) is 4. The first-order valence-corrected chi connectivity index (χ1v) is 11.7. The molecule has 2 aromatic heterocycles. The Hall–Kier alpha value is -4.20. The molecule has 0 aliphatic carbocycles. The maximum atomic E-state index is 12.7. The molecule has 4 aromatic rings. The van der Waals surface area contributed by atoms with Gasteiger partial charge < -0.3 is 10.2 Å². The molecular formula is C27H28N6O2. The predicted octanol–water partition coefficient (Wildman–Crippen LogP) is 4.29.